The summed E-state index contributed by atoms with van der Waals surface area (Å²) in [6, 6.07) is -0.192. The Kier molecular flexibility index (Phi) is 10.9. The second-order valence-corrected chi connectivity index (χ2v) is 6.55. The molecule has 22 heavy (non-hydrogen) atoms. The summed E-state index contributed by atoms with van der Waals surface area (Å²) in [5, 5.41) is 16.9. The first-order valence-corrected chi connectivity index (χ1v) is 8.49. The fraction of sp³-hybridized carbons (Fsp3) is 0.882. The van der Waals surface area contributed by atoms with Crippen molar-refractivity contribution in [1.29, 1.82) is 0 Å². The molecular formula is C17H33NO4. The first-order chi connectivity index (χ1) is 10.3. The van der Waals surface area contributed by atoms with Gasteiger partial charge in [-0.1, -0.05) is 52.9 Å². The standard InChI is InChI=1S/C11H21NO2.C6H12O2/c1-7(9-4-3-5-9)6-10(12)8(2)11(13)14;1-2-3-4-5-6(7)8/h7-10H,3-6,12H2,1-2H3,(H,13,14);2-5H2,1H3,(H,7,8). The van der Waals surface area contributed by atoms with Gasteiger partial charge in [0.25, 0.3) is 0 Å². The molecule has 1 saturated carbocycles. The summed E-state index contributed by atoms with van der Waals surface area (Å²) < 4.78 is 0. The van der Waals surface area contributed by atoms with E-state index in [-0.39, 0.29) is 6.04 Å². The van der Waals surface area contributed by atoms with Gasteiger partial charge in [-0.05, 0) is 24.7 Å². The molecule has 5 heteroatoms. The number of nitrogens with two attached hydrogens (primary N) is 1. The van der Waals surface area contributed by atoms with Crippen LogP contribution in [0.4, 0.5) is 0 Å². The van der Waals surface area contributed by atoms with Crippen LogP contribution in [0.5, 0.6) is 0 Å². The van der Waals surface area contributed by atoms with E-state index in [0.717, 1.165) is 31.6 Å². The Balaban J connectivity index is 0.000000472. The Labute approximate surface area is 134 Å². The lowest BCUT2D eigenvalue weighted by Crippen LogP contribution is -2.36. The van der Waals surface area contributed by atoms with Gasteiger partial charge in [-0.25, -0.2) is 0 Å². The highest BCUT2D eigenvalue weighted by atomic mass is 16.4. The summed E-state index contributed by atoms with van der Waals surface area (Å²) in [4.78, 5) is 20.6. The lowest BCUT2D eigenvalue weighted by atomic mass is 9.73. The maximum Gasteiger partial charge on any atom is 0.307 e. The summed E-state index contributed by atoms with van der Waals surface area (Å²) in [7, 11) is 0. The van der Waals surface area contributed by atoms with Gasteiger partial charge in [0.05, 0.1) is 5.92 Å². The van der Waals surface area contributed by atoms with Gasteiger partial charge < -0.3 is 15.9 Å². The van der Waals surface area contributed by atoms with Crippen molar-refractivity contribution in [2.75, 3.05) is 0 Å². The third-order valence-corrected chi connectivity index (χ3v) is 4.62. The SMILES string of the molecule is CC(CC(N)C(C)C(=O)O)C1CCC1.CCCCCC(=O)O. The zero-order chi connectivity index (χ0) is 17.1. The van der Waals surface area contributed by atoms with Crippen LogP contribution >= 0.6 is 0 Å². The third kappa shape index (κ3) is 9.03. The predicted octanol–water partition coefficient (Wildman–Crippen LogP) is 3.51. The molecule has 0 bridgehead atoms. The van der Waals surface area contributed by atoms with E-state index in [0.29, 0.717) is 12.3 Å². The molecule has 4 N–H and O–H groups in total. The summed E-state index contributed by atoms with van der Waals surface area (Å²) >= 11 is 0. The Bertz CT molecular complexity index is 329. The van der Waals surface area contributed by atoms with Crippen molar-refractivity contribution < 1.29 is 19.8 Å². The minimum Gasteiger partial charge on any atom is -0.481 e. The summed E-state index contributed by atoms with van der Waals surface area (Å²) in [6.45, 7) is 5.95. The van der Waals surface area contributed by atoms with Crippen LogP contribution < -0.4 is 5.73 Å². The van der Waals surface area contributed by atoms with Crippen LogP contribution in [0.3, 0.4) is 0 Å². The van der Waals surface area contributed by atoms with Crippen LogP contribution in [0, 0.1) is 17.8 Å². The lowest BCUT2D eigenvalue weighted by Gasteiger charge is -2.33. The fourth-order valence-electron chi connectivity index (χ4n) is 2.54. The molecule has 1 aliphatic carbocycles. The van der Waals surface area contributed by atoms with Gasteiger partial charge in [0, 0.05) is 12.5 Å². The molecule has 0 spiro atoms. The highest BCUT2D eigenvalue weighted by molar-refractivity contribution is 5.70. The molecular weight excluding hydrogens is 282 g/mol. The van der Waals surface area contributed by atoms with E-state index in [1.165, 1.54) is 19.3 Å². The maximum absolute atomic E-state index is 10.7. The second-order valence-electron chi connectivity index (χ2n) is 6.55. The van der Waals surface area contributed by atoms with E-state index in [2.05, 4.69) is 13.8 Å². The van der Waals surface area contributed by atoms with Crippen LogP contribution in [0.25, 0.3) is 0 Å². The van der Waals surface area contributed by atoms with E-state index >= 15 is 0 Å². The zero-order valence-corrected chi connectivity index (χ0v) is 14.3. The molecule has 5 nitrogen and oxygen atoms in total. The van der Waals surface area contributed by atoms with Crippen molar-refractivity contribution in [2.45, 2.75) is 78.2 Å². The first-order valence-electron chi connectivity index (χ1n) is 8.49. The third-order valence-electron chi connectivity index (χ3n) is 4.62. The van der Waals surface area contributed by atoms with Crippen molar-refractivity contribution in [3.05, 3.63) is 0 Å². The smallest absolute Gasteiger partial charge is 0.307 e. The lowest BCUT2D eigenvalue weighted by molar-refractivity contribution is -0.142. The van der Waals surface area contributed by atoms with Crippen molar-refractivity contribution in [1.82, 2.24) is 0 Å². The monoisotopic (exact) mass is 315 g/mol. The number of rotatable bonds is 9. The Morgan fingerprint density at radius 1 is 1.18 bits per heavy atom. The number of aliphatic carboxylic acids is 2. The van der Waals surface area contributed by atoms with E-state index in [4.69, 9.17) is 15.9 Å². The van der Waals surface area contributed by atoms with E-state index in [9.17, 15) is 9.59 Å². The molecule has 1 aliphatic rings. The number of unbranched alkanes of at least 4 members (excludes halogenated alkanes) is 2. The molecule has 1 rings (SSSR count). The minimum atomic E-state index is -0.779. The molecule has 0 aromatic rings. The summed E-state index contributed by atoms with van der Waals surface area (Å²) in [6.07, 6.45) is 8.06. The van der Waals surface area contributed by atoms with Gasteiger partial charge >= 0.3 is 11.9 Å². The zero-order valence-electron chi connectivity index (χ0n) is 14.3. The molecule has 1 fully saturated rings. The Hall–Kier alpha value is -1.10. The molecule has 0 radical (unpaired) electrons. The summed E-state index contributed by atoms with van der Waals surface area (Å²) in [5.74, 6) is -0.503. The number of carbonyl (C=O) groups is 2. The van der Waals surface area contributed by atoms with Gasteiger partial charge in [-0.3, -0.25) is 9.59 Å². The molecule has 0 aromatic carbocycles. The van der Waals surface area contributed by atoms with Crippen molar-refractivity contribution in [3.8, 4) is 0 Å². The average Bonchev–Trinajstić information content (AvgIpc) is 2.36. The van der Waals surface area contributed by atoms with Crippen molar-refractivity contribution in [2.24, 2.45) is 23.5 Å². The Morgan fingerprint density at radius 2 is 1.77 bits per heavy atom. The summed E-state index contributed by atoms with van der Waals surface area (Å²) in [5.41, 5.74) is 5.85. The van der Waals surface area contributed by atoms with Crippen LogP contribution in [-0.2, 0) is 9.59 Å². The van der Waals surface area contributed by atoms with Crippen LogP contribution in [0.15, 0.2) is 0 Å². The number of carboxylic acids is 2. The average molecular weight is 315 g/mol. The molecule has 0 saturated heterocycles. The highest BCUT2D eigenvalue weighted by Gasteiger charge is 2.28. The predicted molar refractivity (Wildman–Crippen MR) is 87.7 cm³/mol. The van der Waals surface area contributed by atoms with Crippen molar-refractivity contribution >= 4 is 11.9 Å². The quantitative estimate of drug-likeness (QED) is 0.565. The molecule has 0 amide bonds. The second kappa shape index (κ2) is 11.5. The largest absolute Gasteiger partial charge is 0.481 e. The van der Waals surface area contributed by atoms with Crippen LogP contribution in [0.2, 0.25) is 0 Å². The first kappa shape index (κ1) is 20.9. The van der Waals surface area contributed by atoms with Gasteiger partial charge in [0.1, 0.15) is 0 Å². The number of hydrogen-bond donors (Lipinski definition) is 3. The number of hydrogen-bond acceptors (Lipinski definition) is 3. The van der Waals surface area contributed by atoms with Crippen molar-refractivity contribution in [3.63, 3.8) is 0 Å². The minimum absolute atomic E-state index is 0.192. The van der Waals surface area contributed by atoms with Crippen LogP contribution in [0.1, 0.15) is 72.1 Å². The highest BCUT2D eigenvalue weighted by Crippen LogP contribution is 2.35. The van der Waals surface area contributed by atoms with Gasteiger partial charge in [-0.15, -0.1) is 0 Å². The number of carboxylic acid groups (broad SMARTS) is 2. The maximum atomic E-state index is 10.7. The molecule has 0 aromatic heterocycles. The van der Waals surface area contributed by atoms with Gasteiger partial charge in [0.2, 0.25) is 0 Å². The van der Waals surface area contributed by atoms with Crippen LogP contribution in [-0.4, -0.2) is 28.2 Å². The molecule has 130 valence electrons. The van der Waals surface area contributed by atoms with E-state index < -0.39 is 17.9 Å². The van der Waals surface area contributed by atoms with E-state index in [1.54, 1.807) is 6.92 Å². The normalized spacial score (nSPS) is 18.4. The molecule has 3 unspecified atom stereocenters. The molecule has 3 atom stereocenters. The molecule has 0 aliphatic heterocycles. The topological polar surface area (TPSA) is 101 Å². The van der Waals surface area contributed by atoms with E-state index in [1.807, 2.05) is 0 Å². The Morgan fingerprint density at radius 3 is 2.14 bits per heavy atom. The van der Waals surface area contributed by atoms with Gasteiger partial charge in [-0.2, -0.15) is 0 Å². The fourth-order valence-corrected chi connectivity index (χ4v) is 2.54. The van der Waals surface area contributed by atoms with Gasteiger partial charge in [0.15, 0.2) is 0 Å². The molecule has 0 heterocycles.